The molecule has 0 saturated carbocycles. The lowest BCUT2D eigenvalue weighted by Crippen LogP contribution is -2.49. The molecule has 3 aliphatic heterocycles. The minimum Gasteiger partial charge on any atom is -0.483 e. The van der Waals surface area contributed by atoms with Crippen LogP contribution < -0.4 is 0 Å². The van der Waals surface area contributed by atoms with Crippen molar-refractivity contribution in [1.29, 1.82) is 0 Å². The van der Waals surface area contributed by atoms with Gasteiger partial charge in [0.1, 0.15) is 30.0 Å². The van der Waals surface area contributed by atoms with Crippen LogP contribution in [0.1, 0.15) is 73.6 Å². The molecule has 3 heterocycles. The molecule has 3 N–H and O–H groups in total. The molecule has 3 aliphatic rings. The standard InChI is InChI=1S/C31H46O10/c1-8-31-12-9-17(2)15-30(6,37)11-10-23(38-7)18(3)26(34)20(5)27(35)28-22(32)13-21(39-28)14-25(33)40-24(16-31)19(4)29(36)41-31/h9,12-13,15,18-20,23-24,26-28,34-35,37H,8,10-11,14,16H2,1-7H3/b12-9+,17-15+/t18-,19+,20+,23-,24+,26-,27+,28-,30+,31+/m1/s1. The van der Waals surface area contributed by atoms with Gasteiger partial charge in [0.25, 0.3) is 0 Å². The van der Waals surface area contributed by atoms with Gasteiger partial charge in [-0.25, -0.2) is 0 Å². The van der Waals surface area contributed by atoms with Gasteiger partial charge in [-0.3, -0.25) is 14.4 Å². The molecule has 41 heavy (non-hydrogen) atoms. The van der Waals surface area contributed by atoms with Crippen molar-refractivity contribution in [3.05, 3.63) is 35.6 Å². The largest absolute Gasteiger partial charge is 0.483 e. The number of carbonyl (C=O) groups is 3. The molecule has 0 unspecified atom stereocenters. The highest BCUT2D eigenvalue weighted by Crippen LogP contribution is 2.36. The number of hydrogen-bond donors (Lipinski definition) is 3. The van der Waals surface area contributed by atoms with Gasteiger partial charge in [0, 0.05) is 31.4 Å². The van der Waals surface area contributed by atoms with Crippen molar-refractivity contribution in [2.24, 2.45) is 17.8 Å². The predicted molar refractivity (Wildman–Crippen MR) is 149 cm³/mol. The number of carbonyl (C=O) groups excluding carboxylic acids is 3. The number of ether oxygens (including phenoxy) is 4. The van der Waals surface area contributed by atoms with Crippen LogP contribution in [-0.4, -0.2) is 81.9 Å². The average Bonchev–Trinajstić information content (AvgIpc) is 3.27. The fourth-order valence-corrected chi connectivity index (χ4v) is 5.86. The molecule has 1 saturated heterocycles. The van der Waals surface area contributed by atoms with E-state index in [1.54, 1.807) is 45.9 Å². The molecule has 0 aliphatic carbocycles. The van der Waals surface area contributed by atoms with E-state index in [1.807, 2.05) is 13.8 Å². The Balaban J connectivity index is 1.96. The Labute approximate surface area is 242 Å². The lowest BCUT2D eigenvalue weighted by atomic mass is 9.81. The van der Waals surface area contributed by atoms with Gasteiger partial charge >= 0.3 is 11.9 Å². The number of esters is 2. The fourth-order valence-electron chi connectivity index (χ4n) is 5.86. The molecule has 230 valence electrons. The lowest BCUT2D eigenvalue weighted by Gasteiger charge is -2.40. The van der Waals surface area contributed by atoms with Crippen molar-refractivity contribution in [3.63, 3.8) is 0 Å². The zero-order chi connectivity index (χ0) is 30.7. The summed E-state index contributed by atoms with van der Waals surface area (Å²) in [5.41, 5.74) is -1.47. The van der Waals surface area contributed by atoms with Crippen molar-refractivity contribution >= 4 is 17.7 Å². The van der Waals surface area contributed by atoms with Crippen LogP contribution in [0.3, 0.4) is 0 Å². The van der Waals surface area contributed by atoms with E-state index < -0.39 is 77.2 Å². The van der Waals surface area contributed by atoms with Gasteiger partial charge in [-0.15, -0.1) is 0 Å². The summed E-state index contributed by atoms with van der Waals surface area (Å²) in [6, 6.07) is 0. The first-order valence-electron chi connectivity index (χ1n) is 14.5. The lowest BCUT2D eigenvalue weighted by molar-refractivity contribution is -0.187. The van der Waals surface area contributed by atoms with E-state index >= 15 is 0 Å². The zero-order valence-corrected chi connectivity index (χ0v) is 25.2. The molecule has 0 radical (unpaired) electrons. The highest BCUT2D eigenvalue weighted by molar-refractivity contribution is 5.97. The summed E-state index contributed by atoms with van der Waals surface area (Å²) in [5.74, 6) is -3.54. The second-order valence-corrected chi connectivity index (χ2v) is 12.2. The minimum absolute atomic E-state index is 0.0510. The van der Waals surface area contributed by atoms with Crippen molar-refractivity contribution in [2.75, 3.05) is 7.11 Å². The smallest absolute Gasteiger partial charge is 0.313 e. The number of methoxy groups -OCH3 is 1. The number of hydrogen-bond acceptors (Lipinski definition) is 10. The molecule has 0 amide bonds. The SMILES string of the molecule is CC[C@]12/C=C/C(C)=C/[C@@](C)(O)CC[C@@H](OC)[C@@H](C)[C@@H](O)[C@H](C)[C@H](O)[C@@H]3OC(=CC3=O)CC(=O)O[C@@H](C1)[C@H](C)C(=O)O2. The zero-order valence-electron chi connectivity index (χ0n) is 25.2. The van der Waals surface area contributed by atoms with Gasteiger partial charge in [-0.1, -0.05) is 38.5 Å². The third-order valence-corrected chi connectivity index (χ3v) is 8.78. The van der Waals surface area contributed by atoms with Crippen LogP contribution in [0, 0.1) is 17.8 Å². The predicted octanol–water partition coefficient (Wildman–Crippen LogP) is 2.93. The van der Waals surface area contributed by atoms with Crippen molar-refractivity contribution in [2.45, 2.75) is 115 Å². The molecular weight excluding hydrogens is 532 g/mol. The fraction of sp³-hybridized carbons (Fsp3) is 0.710. The molecule has 0 aromatic heterocycles. The quantitative estimate of drug-likeness (QED) is 0.418. The molecule has 0 aromatic rings. The van der Waals surface area contributed by atoms with E-state index in [0.29, 0.717) is 19.3 Å². The van der Waals surface area contributed by atoms with E-state index in [1.165, 1.54) is 7.11 Å². The Bertz CT molecular complexity index is 1070. The average molecular weight is 579 g/mol. The normalized spacial score (nSPS) is 43.4. The van der Waals surface area contributed by atoms with Crippen LogP contribution in [-0.2, 0) is 33.3 Å². The van der Waals surface area contributed by atoms with E-state index in [0.717, 1.165) is 11.6 Å². The van der Waals surface area contributed by atoms with Crippen LogP contribution in [0.5, 0.6) is 0 Å². The summed E-state index contributed by atoms with van der Waals surface area (Å²) in [4.78, 5) is 38.4. The maximum Gasteiger partial charge on any atom is 0.313 e. The maximum atomic E-state index is 12.9. The van der Waals surface area contributed by atoms with E-state index in [2.05, 4.69) is 0 Å². The van der Waals surface area contributed by atoms with Crippen LogP contribution >= 0.6 is 0 Å². The number of aliphatic hydroxyl groups is 3. The van der Waals surface area contributed by atoms with Crippen molar-refractivity contribution < 1.29 is 48.7 Å². The first kappa shape index (κ1) is 33.0. The Kier molecular flexibility index (Phi) is 10.6. The summed E-state index contributed by atoms with van der Waals surface area (Å²) in [5, 5.41) is 33.2. The highest BCUT2D eigenvalue weighted by atomic mass is 16.6. The van der Waals surface area contributed by atoms with Gasteiger partial charge < -0.3 is 34.3 Å². The second-order valence-electron chi connectivity index (χ2n) is 12.2. The summed E-state index contributed by atoms with van der Waals surface area (Å²) in [6.07, 6.45) is 2.61. The summed E-state index contributed by atoms with van der Waals surface area (Å²) in [7, 11) is 1.53. The van der Waals surface area contributed by atoms with Gasteiger partial charge in [0.2, 0.25) is 5.78 Å². The molecule has 10 nitrogen and oxygen atoms in total. The molecule has 4 bridgehead atoms. The minimum atomic E-state index is -1.35. The third kappa shape index (κ3) is 7.85. The Morgan fingerprint density at radius 3 is 2.39 bits per heavy atom. The molecule has 10 heteroatoms. The summed E-state index contributed by atoms with van der Waals surface area (Å²) in [6.45, 7) is 10.4. The van der Waals surface area contributed by atoms with Crippen LogP contribution in [0.2, 0.25) is 0 Å². The molecule has 0 aromatic carbocycles. The highest BCUT2D eigenvalue weighted by Gasteiger charge is 2.46. The number of aliphatic hydroxyl groups excluding tert-OH is 2. The summed E-state index contributed by atoms with van der Waals surface area (Å²) < 4.78 is 22.8. The number of rotatable bonds is 2. The first-order valence-corrected chi connectivity index (χ1v) is 14.5. The van der Waals surface area contributed by atoms with Crippen LogP contribution in [0.15, 0.2) is 35.6 Å². The second kappa shape index (κ2) is 13.2. The monoisotopic (exact) mass is 578 g/mol. The van der Waals surface area contributed by atoms with Crippen molar-refractivity contribution in [1.82, 2.24) is 0 Å². The number of fused-ring (bicyclic) bond motifs is 4. The Morgan fingerprint density at radius 2 is 1.76 bits per heavy atom. The van der Waals surface area contributed by atoms with Crippen molar-refractivity contribution in [3.8, 4) is 0 Å². The van der Waals surface area contributed by atoms with Crippen LogP contribution in [0.25, 0.3) is 0 Å². The van der Waals surface area contributed by atoms with Gasteiger partial charge in [-0.2, -0.15) is 0 Å². The molecule has 10 atom stereocenters. The summed E-state index contributed by atoms with van der Waals surface area (Å²) >= 11 is 0. The molecular formula is C31H46O10. The number of ketones is 1. The Morgan fingerprint density at radius 1 is 1.07 bits per heavy atom. The van der Waals surface area contributed by atoms with E-state index in [9.17, 15) is 29.7 Å². The molecule has 0 spiro atoms. The van der Waals surface area contributed by atoms with Gasteiger partial charge in [0.05, 0.1) is 23.7 Å². The molecule has 1 fully saturated rings. The Hall–Kier alpha value is -2.53. The van der Waals surface area contributed by atoms with Gasteiger partial charge in [-0.05, 0) is 46.1 Å². The number of allylic oxidation sites excluding steroid dienone is 2. The molecule has 3 rings (SSSR count). The maximum absolute atomic E-state index is 12.9. The van der Waals surface area contributed by atoms with Gasteiger partial charge in [0.15, 0.2) is 6.10 Å². The van der Waals surface area contributed by atoms with Crippen LogP contribution in [0.4, 0.5) is 0 Å². The van der Waals surface area contributed by atoms with E-state index in [4.69, 9.17) is 18.9 Å². The first-order chi connectivity index (χ1) is 19.1. The van der Waals surface area contributed by atoms with E-state index in [-0.39, 0.29) is 18.6 Å². The third-order valence-electron chi connectivity index (χ3n) is 8.78. The topological polar surface area (TPSA) is 149 Å².